The molecule has 0 radical (unpaired) electrons. The second-order valence-corrected chi connectivity index (χ2v) is 6.38. The molecule has 2 atom stereocenters. The molecule has 118 valence electrons. The maximum absolute atomic E-state index is 4.78. The quantitative estimate of drug-likeness (QED) is 0.684. The van der Waals surface area contributed by atoms with Crippen molar-refractivity contribution in [3.05, 3.63) is 18.7 Å². The van der Waals surface area contributed by atoms with Gasteiger partial charge in [0.1, 0.15) is 0 Å². The predicted molar refractivity (Wildman–Crippen MR) is 87.4 cm³/mol. The summed E-state index contributed by atoms with van der Waals surface area (Å²) in [7, 11) is 0. The number of hydrogen-bond acceptors (Lipinski definition) is 2. The third kappa shape index (κ3) is 4.22. The van der Waals surface area contributed by atoms with Crippen molar-refractivity contribution in [2.24, 2.45) is 16.8 Å². The minimum absolute atomic E-state index is 0.476. The molecule has 0 aromatic carbocycles. The summed E-state index contributed by atoms with van der Waals surface area (Å²) in [5.74, 6) is 2.32. The van der Waals surface area contributed by atoms with E-state index in [-0.39, 0.29) is 0 Å². The van der Waals surface area contributed by atoms with Crippen LogP contribution >= 0.6 is 0 Å². The van der Waals surface area contributed by atoms with Gasteiger partial charge in [-0.05, 0) is 25.2 Å². The highest BCUT2D eigenvalue weighted by atomic mass is 15.3. The molecule has 1 saturated heterocycles. The Morgan fingerprint density at radius 2 is 2.29 bits per heavy atom. The summed E-state index contributed by atoms with van der Waals surface area (Å²) in [4.78, 5) is 11.4. The third-order valence-electron chi connectivity index (χ3n) is 4.07. The highest BCUT2D eigenvalue weighted by Crippen LogP contribution is 2.27. The smallest absolute Gasteiger partial charge is 0.193 e. The van der Waals surface area contributed by atoms with E-state index in [0.717, 1.165) is 32.1 Å². The van der Waals surface area contributed by atoms with Gasteiger partial charge in [0.05, 0.1) is 12.4 Å². The lowest BCUT2D eigenvalue weighted by Crippen LogP contribution is -2.49. The molecular weight excluding hydrogens is 262 g/mol. The van der Waals surface area contributed by atoms with Crippen LogP contribution in [0.4, 0.5) is 0 Å². The first-order chi connectivity index (χ1) is 10.1. The van der Waals surface area contributed by atoms with E-state index in [1.54, 1.807) is 0 Å². The molecule has 2 rings (SSSR count). The number of aliphatic imine (C=N–C) groups is 1. The monoisotopic (exact) mass is 291 g/mol. The van der Waals surface area contributed by atoms with E-state index in [1.807, 2.05) is 12.5 Å². The van der Waals surface area contributed by atoms with Crippen LogP contribution in [0, 0.1) is 11.8 Å². The SMILES string of the molecule is CCNC(=NCC(C)C)N1CCC(C)C(n2ccnc2)C1. The molecule has 0 aliphatic carbocycles. The fourth-order valence-corrected chi connectivity index (χ4v) is 2.79. The molecule has 0 amide bonds. The number of likely N-dealkylation sites (tertiary alicyclic amines) is 1. The van der Waals surface area contributed by atoms with E-state index in [2.05, 4.69) is 53.7 Å². The third-order valence-corrected chi connectivity index (χ3v) is 4.07. The molecule has 1 N–H and O–H groups in total. The Bertz CT molecular complexity index is 438. The van der Waals surface area contributed by atoms with Crippen LogP contribution in [0.2, 0.25) is 0 Å². The summed E-state index contributed by atoms with van der Waals surface area (Å²) >= 11 is 0. The fraction of sp³-hybridized carbons (Fsp3) is 0.750. The number of hydrogen-bond donors (Lipinski definition) is 1. The summed E-state index contributed by atoms with van der Waals surface area (Å²) in [6.45, 7) is 12.8. The zero-order chi connectivity index (χ0) is 15.2. The fourth-order valence-electron chi connectivity index (χ4n) is 2.79. The first kappa shape index (κ1) is 15.9. The summed E-state index contributed by atoms with van der Waals surface area (Å²) in [5, 5.41) is 3.44. The van der Waals surface area contributed by atoms with Gasteiger partial charge in [0.15, 0.2) is 5.96 Å². The van der Waals surface area contributed by atoms with Crippen LogP contribution < -0.4 is 5.32 Å². The minimum atomic E-state index is 0.476. The Balaban J connectivity index is 2.09. The minimum Gasteiger partial charge on any atom is -0.357 e. The van der Waals surface area contributed by atoms with Crippen LogP contribution in [-0.2, 0) is 0 Å². The van der Waals surface area contributed by atoms with Crippen LogP contribution in [0.3, 0.4) is 0 Å². The lowest BCUT2D eigenvalue weighted by atomic mass is 9.93. The van der Waals surface area contributed by atoms with E-state index in [9.17, 15) is 0 Å². The molecule has 1 aromatic rings. The molecule has 1 aliphatic rings. The maximum atomic E-state index is 4.78. The van der Waals surface area contributed by atoms with Gasteiger partial charge in [0.25, 0.3) is 0 Å². The topological polar surface area (TPSA) is 45.5 Å². The Labute approximate surface area is 128 Å². The van der Waals surface area contributed by atoms with Crippen molar-refractivity contribution < 1.29 is 0 Å². The number of nitrogens with one attached hydrogen (secondary N) is 1. The molecule has 0 saturated carbocycles. The summed E-state index contributed by atoms with van der Waals surface area (Å²) in [6.07, 6.45) is 7.06. The van der Waals surface area contributed by atoms with Crippen molar-refractivity contribution in [3.63, 3.8) is 0 Å². The number of rotatable bonds is 4. The van der Waals surface area contributed by atoms with Gasteiger partial charge >= 0.3 is 0 Å². The van der Waals surface area contributed by atoms with Crippen molar-refractivity contribution in [3.8, 4) is 0 Å². The zero-order valence-corrected chi connectivity index (χ0v) is 13.8. The van der Waals surface area contributed by atoms with Gasteiger partial charge in [-0.15, -0.1) is 0 Å². The predicted octanol–water partition coefficient (Wildman–Crippen LogP) is 2.39. The molecule has 5 nitrogen and oxygen atoms in total. The van der Waals surface area contributed by atoms with Crippen molar-refractivity contribution in [1.82, 2.24) is 19.8 Å². The van der Waals surface area contributed by atoms with E-state index >= 15 is 0 Å². The average molecular weight is 291 g/mol. The van der Waals surface area contributed by atoms with Crippen molar-refractivity contribution in [2.75, 3.05) is 26.2 Å². The molecule has 0 spiro atoms. The Kier molecular flexibility index (Phi) is 5.65. The van der Waals surface area contributed by atoms with Gasteiger partial charge in [-0.1, -0.05) is 20.8 Å². The lowest BCUT2D eigenvalue weighted by molar-refractivity contribution is 0.189. The van der Waals surface area contributed by atoms with Gasteiger partial charge in [-0.25, -0.2) is 4.98 Å². The number of nitrogens with zero attached hydrogens (tertiary/aromatic N) is 4. The highest BCUT2D eigenvalue weighted by molar-refractivity contribution is 5.80. The highest BCUT2D eigenvalue weighted by Gasteiger charge is 2.28. The van der Waals surface area contributed by atoms with Crippen LogP contribution in [0.5, 0.6) is 0 Å². The summed E-state index contributed by atoms with van der Waals surface area (Å²) < 4.78 is 2.24. The zero-order valence-electron chi connectivity index (χ0n) is 13.8. The largest absolute Gasteiger partial charge is 0.357 e. The van der Waals surface area contributed by atoms with Crippen LogP contribution in [0.25, 0.3) is 0 Å². The van der Waals surface area contributed by atoms with Gasteiger partial charge in [-0.2, -0.15) is 0 Å². The number of imidazole rings is 1. The molecule has 1 aliphatic heterocycles. The average Bonchev–Trinajstić information content (AvgIpc) is 2.98. The maximum Gasteiger partial charge on any atom is 0.193 e. The van der Waals surface area contributed by atoms with Crippen molar-refractivity contribution >= 4 is 5.96 Å². The first-order valence-corrected chi connectivity index (χ1v) is 8.12. The van der Waals surface area contributed by atoms with E-state index < -0.39 is 0 Å². The van der Waals surface area contributed by atoms with Gasteiger partial charge in [-0.3, -0.25) is 4.99 Å². The van der Waals surface area contributed by atoms with Crippen LogP contribution in [-0.4, -0.2) is 46.6 Å². The molecule has 0 bridgehead atoms. The molecule has 21 heavy (non-hydrogen) atoms. The number of piperidine rings is 1. The lowest BCUT2D eigenvalue weighted by Gasteiger charge is -2.39. The molecule has 1 aromatic heterocycles. The molecule has 2 unspecified atom stereocenters. The Hall–Kier alpha value is -1.52. The van der Waals surface area contributed by atoms with Gasteiger partial charge in [0.2, 0.25) is 0 Å². The van der Waals surface area contributed by atoms with E-state index in [0.29, 0.717) is 17.9 Å². The Morgan fingerprint density at radius 3 is 2.90 bits per heavy atom. The normalized spacial score (nSPS) is 23.7. The second kappa shape index (κ2) is 7.48. The number of aromatic nitrogens is 2. The van der Waals surface area contributed by atoms with Gasteiger partial charge in [0, 0.05) is 38.6 Å². The molecule has 1 fully saturated rings. The van der Waals surface area contributed by atoms with E-state index in [4.69, 9.17) is 4.99 Å². The number of guanidine groups is 1. The molecule has 2 heterocycles. The Morgan fingerprint density at radius 1 is 1.48 bits per heavy atom. The van der Waals surface area contributed by atoms with Crippen LogP contribution in [0.15, 0.2) is 23.7 Å². The molecule has 5 heteroatoms. The molecular formula is C16H29N5. The standard InChI is InChI=1S/C16H29N5/c1-5-18-16(19-10-13(2)3)20-8-6-14(4)15(11-20)21-9-7-17-12-21/h7,9,12-15H,5-6,8,10-11H2,1-4H3,(H,18,19). The van der Waals surface area contributed by atoms with Gasteiger partial charge < -0.3 is 14.8 Å². The van der Waals surface area contributed by atoms with Crippen molar-refractivity contribution in [1.29, 1.82) is 0 Å². The summed E-state index contributed by atoms with van der Waals surface area (Å²) in [6, 6.07) is 0.476. The van der Waals surface area contributed by atoms with Crippen LogP contribution in [0.1, 0.15) is 40.2 Å². The first-order valence-electron chi connectivity index (χ1n) is 8.12. The van der Waals surface area contributed by atoms with E-state index in [1.165, 1.54) is 6.42 Å². The van der Waals surface area contributed by atoms with Crippen molar-refractivity contribution in [2.45, 2.75) is 40.2 Å². The summed E-state index contributed by atoms with van der Waals surface area (Å²) in [5.41, 5.74) is 0. The second-order valence-electron chi connectivity index (χ2n) is 6.38.